The van der Waals surface area contributed by atoms with Crippen molar-refractivity contribution in [2.45, 2.75) is 296 Å². The van der Waals surface area contributed by atoms with Crippen molar-refractivity contribution in [3.05, 3.63) is 96.5 Å². The molecule has 6 rings (SSSR count). The Morgan fingerprint density at radius 3 is 0.736 bits per heavy atom. The monoisotopic (exact) mass is 2390 g/mol. The molecule has 0 fully saturated rings. The zero-order valence-electron chi connectivity index (χ0n) is 92.8. The van der Waals surface area contributed by atoms with Crippen molar-refractivity contribution >= 4 is 200 Å². The summed E-state index contributed by atoms with van der Waals surface area (Å²) in [5.74, 6) is -2.30. The minimum absolute atomic E-state index is 0.00613. The maximum atomic E-state index is 12.3. The van der Waals surface area contributed by atoms with E-state index in [0.717, 1.165) is 78.6 Å². The number of carboxylic acids is 1. The van der Waals surface area contributed by atoms with E-state index in [-0.39, 0.29) is 65.5 Å². The van der Waals surface area contributed by atoms with E-state index in [1.165, 1.54) is 79.1 Å². The fourth-order valence-corrected chi connectivity index (χ4v) is 17.9. The van der Waals surface area contributed by atoms with Gasteiger partial charge in [-0.25, -0.2) is 82.6 Å². The zero-order valence-corrected chi connectivity index (χ0v) is 102. The number of thiazole rings is 6. The summed E-state index contributed by atoms with van der Waals surface area (Å²) in [7, 11) is 18.1. The van der Waals surface area contributed by atoms with Crippen molar-refractivity contribution in [1.29, 1.82) is 0 Å². The summed E-state index contributed by atoms with van der Waals surface area (Å²) in [4.78, 5) is 198. The molecule has 0 radical (unpaired) electrons. The Kier molecular flexibility index (Phi) is 72.0. The first-order chi connectivity index (χ1) is 69.3. The Bertz CT molecular complexity index is 4700. The van der Waals surface area contributed by atoms with Gasteiger partial charge in [-0.3, -0.25) is 9.59 Å². The van der Waals surface area contributed by atoms with Crippen molar-refractivity contribution in [2.24, 2.45) is 47.2 Å². The number of carbonyl (C=O) groups is 14. The number of esters is 6. The quantitative estimate of drug-likeness (QED) is 0.00742. The van der Waals surface area contributed by atoms with Gasteiger partial charge in [0.25, 0.3) is 0 Å². The van der Waals surface area contributed by atoms with Crippen LogP contribution in [0.1, 0.15) is 278 Å². The van der Waals surface area contributed by atoms with Gasteiger partial charge in [0.2, 0.25) is 5.91 Å². The number of urea groups is 5. The van der Waals surface area contributed by atoms with Gasteiger partial charge in [-0.15, -0.1) is 68.0 Å². The second-order valence-corrected chi connectivity index (χ2v) is 44.4. The number of methoxy groups -OCH3 is 6. The normalized spacial score (nSPS) is 13.6. The van der Waals surface area contributed by atoms with Crippen LogP contribution in [-0.4, -0.2) is 287 Å². The molecule has 10 N–H and O–H groups in total. The number of aromatic nitrogens is 6. The first-order valence-corrected chi connectivity index (χ1v) is 57.2. The molecule has 11 amide bonds. The fourth-order valence-electron chi connectivity index (χ4n) is 11.8. The van der Waals surface area contributed by atoms with E-state index in [0.29, 0.717) is 96.9 Å². The predicted octanol–water partition coefficient (Wildman–Crippen LogP) is 16.9. The van der Waals surface area contributed by atoms with Gasteiger partial charge in [0.05, 0.1) is 140 Å². The molecule has 148 heavy (non-hydrogen) atoms. The third-order valence-corrected chi connectivity index (χ3v) is 32.3. The number of nitrogens with two attached hydrogens (primary N) is 1. The van der Waals surface area contributed by atoms with Crippen LogP contribution >= 0.6 is 116 Å². The highest BCUT2D eigenvalue weighted by Gasteiger charge is 2.35. The van der Waals surface area contributed by atoms with Gasteiger partial charge in [0, 0.05) is 138 Å². The number of nitrogens with zero attached hydrogens (tertiary/aromatic N) is 11. The molecule has 0 bridgehead atoms. The van der Waals surface area contributed by atoms with Crippen LogP contribution in [0.4, 0.5) is 24.0 Å². The van der Waals surface area contributed by atoms with Crippen molar-refractivity contribution < 1.29 is 101 Å². The standard InChI is InChI=1S/2C16H27N3O3S.C15H24BrN3O3S.C15H23N3O4S.C15H25N3O3S.C8H14BrNO3.C8H14N2S.C6H12BrNO2/c2*1-7-11(4)13(15(20)22-6)18-16(21)19(5)8-12-9-23-14(17-12)10(2)3;1-9(2)13-17-11(8-23-13)7-19(4)15(21)18-12(10(3)6-16)14(20)22-5;1-9(2)13-16-11(8-23-13)6-18(4)15(21)17-12(10(3)7-19)14(20)22-5;1-6-10(4)12(14(19)20)17-15(21)18(5)7-11-8-22-13(16-11)9(2)3;1-5(4-9)7(8(12)13-3)10-6(2)11;1-6(2)8-10-7(4-9-3)5-11-8;1-4(3-7)5(8)6(9)10-2/h2*9-11,13H,7-8H2,1-6H3,(H,18,21);8-10,12H,6-7H2,1-5H3,(H,18,21);7-10,12H,6H2,1-5H3,(H,17,21);8-10,12H,6-7H2,1-5H3,(H,17,21)(H,19,20);5,7H,4H2,1-3H3,(H,10,11);5-6,9H,4H2,1-3H3;4-5H,3,8H2,1-2H3/t2*11?,13-;3*10?,12-;5?,7-;;4?,5-/m000000.0/s1. The number of hydrogen-bond acceptors (Lipinski definition) is 34. The molecule has 6 aromatic rings. The maximum Gasteiger partial charge on any atom is 0.329 e. The molecule has 0 aliphatic heterocycles. The minimum atomic E-state index is -1.01. The van der Waals surface area contributed by atoms with E-state index < -0.39 is 96.1 Å². The number of amides is 11. The van der Waals surface area contributed by atoms with E-state index in [4.69, 9.17) is 19.9 Å². The van der Waals surface area contributed by atoms with Gasteiger partial charge in [0.15, 0.2) is 0 Å². The Balaban J connectivity index is 0. The van der Waals surface area contributed by atoms with Gasteiger partial charge < -0.3 is 106 Å². The number of aldehydes is 1. The summed E-state index contributed by atoms with van der Waals surface area (Å²) in [5, 5.41) is 48.4. The topological polar surface area (TPSA) is 518 Å². The summed E-state index contributed by atoms with van der Waals surface area (Å²) in [6.45, 7) is 47.9. The Morgan fingerprint density at radius 1 is 0.338 bits per heavy atom. The Labute approximate surface area is 925 Å². The molecule has 49 heteroatoms. The summed E-state index contributed by atoms with van der Waals surface area (Å²) in [5.41, 5.74) is 10.8. The molecule has 0 spiro atoms. The van der Waals surface area contributed by atoms with E-state index in [1.807, 2.05) is 96.3 Å². The van der Waals surface area contributed by atoms with Crippen molar-refractivity contribution in [1.82, 2.24) is 91.6 Å². The lowest BCUT2D eigenvalue weighted by molar-refractivity contribution is -0.146. The zero-order chi connectivity index (χ0) is 114. The fraction of sp³-hybridized carbons (Fsp3) is 0.677. The van der Waals surface area contributed by atoms with Crippen LogP contribution in [0.3, 0.4) is 0 Å². The van der Waals surface area contributed by atoms with Crippen molar-refractivity contribution in [2.75, 3.05) is 101 Å². The minimum Gasteiger partial charge on any atom is -0.480 e. The lowest BCUT2D eigenvalue weighted by Gasteiger charge is -2.25. The SMILES string of the molecule is CCC(C)[C@H](NC(=O)N(C)Cc1csc(C(C)C)n1)C(=O)O.CCC(C)[C@H](NC(=O)N(C)Cc1csc(C(C)C)n1)C(=O)OC.CCC(C)[C@H](NC(=O)N(C)Cc1csc(C(C)C)n1)C(=O)OC.CNCc1csc(C(C)C)n1.COC(=O)[C@@H](N)C(C)CBr.COC(=O)[C@@H](NC(=O)N(C)Cc1csc(C(C)C)n1)C(C)C=O.COC(=O)[C@@H](NC(=O)N(C)Cc1csc(C(C)C)n1)C(C)CBr.COC(=O)[C@@H](NC(C)=O)C(C)CBr. The number of hydrogen-bond donors (Lipinski definition) is 9. The number of nitrogens with one attached hydrogen (secondary N) is 7. The highest BCUT2D eigenvalue weighted by Crippen LogP contribution is 2.27. The molecule has 0 aliphatic carbocycles. The molecule has 6 aromatic heterocycles. The Hall–Kier alpha value is -9.08. The second-order valence-electron chi connectivity index (χ2n) is 37.2. The van der Waals surface area contributed by atoms with E-state index in [1.54, 1.807) is 110 Å². The van der Waals surface area contributed by atoms with Gasteiger partial charge in [-0.05, 0) is 42.6 Å². The number of alkyl halides is 3. The molecular weight excluding hydrogens is 2220 g/mol. The highest BCUT2D eigenvalue weighted by atomic mass is 79.9. The van der Waals surface area contributed by atoms with Crippen LogP contribution in [0.2, 0.25) is 0 Å². The molecular formula is C99H166Br3N19O21S6. The number of halogens is 3. The van der Waals surface area contributed by atoms with Gasteiger partial charge in [-0.1, -0.05) is 219 Å². The third kappa shape index (κ3) is 53.3. The molecule has 0 saturated heterocycles. The molecule has 0 aliphatic rings. The number of carboxylic acid groups (broad SMARTS) is 1. The van der Waals surface area contributed by atoms with E-state index >= 15 is 0 Å². The lowest BCUT2D eigenvalue weighted by atomic mass is 9.99. The molecule has 14 atom stereocenters. The summed E-state index contributed by atoms with van der Waals surface area (Å²) >= 11 is 19.5. The lowest BCUT2D eigenvalue weighted by Crippen LogP contribution is -2.50. The largest absolute Gasteiger partial charge is 0.480 e. The van der Waals surface area contributed by atoms with Gasteiger partial charge in [-0.2, -0.15) is 0 Å². The van der Waals surface area contributed by atoms with Gasteiger partial charge in [0.1, 0.15) is 48.6 Å². The highest BCUT2D eigenvalue weighted by molar-refractivity contribution is 9.09. The number of aliphatic carboxylic acids is 1. The van der Waals surface area contributed by atoms with Crippen LogP contribution in [0.25, 0.3) is 0 Å². The number of ether oxygens (including phenoxy) is 6. The molecule has 6 heterocycles. The second kappa shape index (κ2) is 75.6. The average Bonchev–Trinajstić information content (AvgIpc) is 1.73. The maximum absolute atomic E-state index is 12.3. The molecule has 40 nitrogen and oxygen atoms in total. The number of rotatable bonds is 45. The van der Waals surface area contributed by atoms with Gasteiger partial charge >= 0.3 is 71.9 Å². The van der Waals surface area contributed by atoms with E-state index in [2.05, 4.69) is 218 Å². The third-order valence-electron chi connectivity index (χ3n) is 22.1. The van der Waals surface area contributed by atoms with Crippen LogP contribution in [0.5, 0.6) is 0 Å². The average molecular weight is 2390 g/mol. The van der Waals surface area contributed by atoms with Crippen LogP contribution in [-0.2, 0) is 111 Å². The first kappa shape index (κ1) is 141. The van der Waals surface area contributed by atoms with E-state index in [9.17, 15) is 72.2 Å². The summed E-state index contributed by atoms with van der Waals surface area (Å²) in [6, 6.07) is -6.71. The van der Waals surface area contributed by atoms with Crippen LogP contribution in [0.15, 0.2) is 32.3 Å². The number of carbonyl (C=O) groups excluding carboxylic acids is 13. The summed E-state index contributed by atoms with van der Waals surface area (Å²) in [6.07, 6.45) is 2.84. The molecule has 0 saturated carbocycles. The van der Waals surface area contributed by atoms with Crippen molar-refractivity contribution in [3.63, 3.8) is 0 Å². The van der Waals surface area contributed by atoms with Crippen molar-refractivity contribution in [3.8, 4) is 0 Å². The van der Waals surface area contributed by atoms with Crippen LogP contribution in [0, 0.1) is 41.4 Å². The molecule has 0 aromatic carbocycles. The van der Waals surface area contributed by atoms with Crippen LogP contribution < -0.4 is 43.0 Å². The molecule has 840 valence electrons. The summed E-state index contributed by atoms with van der Waals surface area (Å²) < 4.78 is 28.0. The Morgan fingerprint density at radius 2 is 0.541 bits per heavy atom. The predicted molar refractivity (Wildman–Crippen MR) is 597 cm³/mol. The molecule has 7 unspecified atom stereocenters. The smallest absolute Gasteiger partial charge is 0.329 e. The first-order valence-electron chi connectivity index (χ1n) is 48.6.